The highest BCUT2D eigenvalue weighted by atomic mass is 16.6. The summed E-state index contributed by atoms with van der Waals surface area (Å²) < 4.78 is 6.34. The third-order valence-electron chi connectivity index (χ3n) is 8.40. The second-order valence-electron chi connectivity index (χ2n) is 12.3. The van der Waals surface area contributed by atoms with Crippen molar-refractivity contribution >= 4 is 5.97 Å². The van der Waals surface area contributed by atoms with Gasteiger partial charge in [0, 0.05) is 18.4 Å². The molecule has 3 fully saturated rings. The molecular formula is C23H40O4. The molecule has 0 bridgehead atoms. The van der Waals surface area contributed by atoms with Crippen LogP contribution in [0.4, 0.5) is 0 Å². The number of hydrogen-bond donors (Lipinski definition) is 2. The van der Waals surface area contributed by atoms with Gasteiger partial charge in [0.1, 0.15) is 5.60 Å². The molecule has 1 spiro atoms. The number of aliphatic hydroxyl groups excluding tert-OH is 1. The molecule has 5 atom stereocenters. The molecule has 0 radical (unpaired) electrons. The lowest BCUT2D eigenvalue weighted by atomic mass is 9.40. The molecule has 0 aromatic rings. The Kier molecular flexibility index (Phi) is 4.65. The van der Waals surface area contributed by atoms with Crippen LogP contribution < -0.4 is 0 Å². The Balaban J connectivity index is 1.85. The highest BCUT2D eigenvalue weighted by Gasteiger charge is 2.76. The van der Waals surface area contributed by atoms with E-state index in [1.165, 1.54) is 0 Å². The zero-order valence-electron chi connectivity index (χ0n) is 18.4. The molecule has 3 saturated carbocycles. The van der Waals surface area contributed by atoms with Crippen molar-refractivity contribution in [1.82, 2.24) is 0 Å². The van der Waals surface area contributed by atoms with Crippen LogP contribution in [0, 0.1) is 27.6 Å². The molecule has 2 N–H and O–H groups in total. The molecule has 3 aliphatic rings. The largest absolute Gasteiger partial charge is 0.459 e. The summed E-state index contributed by atoms with van der Waals surface area (Å²) in [6.45, 7) is 14.9. The predicted molar refractivity (Wildman–Crippen MR) is 106 cm³/mol. The Bertz CT molecular complexity index is 615. The summed E-state index contributed by atoms with van der Waals surface area (Å²) in [7, 11) is 0. The lowest BCUT2D eigenvalue weighted by Gasteiger charge is -2.67. The zero-order chi connectivity index (χ0) is 20.5. The molecule has 4 nitrogen and oxygen atoms in total. The monoisotopic (exact) mass is 380 g/mol. The van der Waals surface area contributed by atoms with Crippen LogP contribution in [0.5, 0.6) is 0 Å². The van der Waals surface area contributed by atoms with Gasteiger partial charge in [0.2, 0.25) is 0 Å². The smallest absolute Gasteiger partial charge is 0.312 e. The van der Waals surface area contributed by atoms with Gasteiger partial charge in [-0.2, -0.15) is 0 Å². The van der Waals surface area contributed by atoms with E-state index in [-0.39, 0.29) is 28.8 Å². The van der Waals surface area contributed by atoms with Crippen molar-refractivity contribution in [2.75, 3.05) is 6.61 Å². The highest BCUT2D eigenvalue weighted by Crippen LogP contribution is 2.76. The van der Waals surface area contributed by atoms with Crippen molar-refractivity contribution in [2.24, 2.45) is 27.6 Å². The summed E-state index contributed by atoms with van der Waals surface area (Å²) in [5.41, 5.74) is -2.06. The SMILES string of the molecule is CC(C)(C)CC(C)(C(=O)OC1(CCO)CC2CC3(O)CCC23C1)C(C)(C)C. The van der Waals surface area contributed by atoms with Crippen LogP contribution in [0.15, 0.2) is 0 Å². The fourth-order valence-electron chi connectivity index (χ4n) is 6.39. The minimum atomic E-state index is -0.619. The molecule has 0 aliphatic heterocycles. The van der Waals surface area contributed by atoms with Crippen molar-refractivity contribution in [2.45, 2.75) is 105 Å². The molecule has 4 heteroatoms. The Hall–Kier alpha value is -0.610. The molecule has 3 rings (SSSR count). The van der Waals surface area contributed by atoms with Gasteiger partial charge in [-0.1, -0.05) is 41.5 Å². The van der Waals surface area contributed by atoms with E-state index in [2.05, 4.69) is 41.5 Å². The molecule has 5 unspecified atom stereocenters. The number of aliphatic hydroxyl groups is 2. The average Bonchev–Trinajstić information content (AvgIpc) is 2.78. The molecule has 3 aliphatic carbocycles. The summed E-state index contributed by atoms with van der Waals surface area (Å²) in [5, 5.41) is 20.5. The Morgan fingerprint density at radius 3 is 2.07 bits per heavy atom. The molecule has 0 amide bonds. The standard InChI is InChI=1S/C23H40O4/c1-18(2,3)14-20(7,19(4,5)6)17(25)27-21(10-11-24)12-16-13-23(26)9-8-22(16,23)15-21/h16,24,26H,8-15H2,1-7H3. The van der Waals surface area contributed by atoms with E-state index >= 15 is 0 Å². The molecule has 0 aromatic heterocycles. The molecule has 156 valence electrons. The van der Waals surface area contributed by atoms with E-state index in [1.807, 2.05) is 6.92 Å². The van der Waals surface area contributed by atoms with Crippen molar-refractivity contribution < 1.29 is 19.7 Å². The number of hydrogen-bond acceptors (Lipinski definition) is 4. The number of carbonyl (C=O) groups is 1. The summed E-state index contributed by atoms with van der Waals surface area (Å²) >= 11 is 0. The van der Waals surface area contributed by atoms with Gasteiger partial charge in [0.15, 0.2) is 0 Å². The normalized spacial score (nSPS) is 40.3. The van der Waals surface area contributed by atoms with Crippen molar-refractivity contribution in [3.8, 4) is 0 Å². The summed E-state index contributed by atoms with van der Waals surface area (Å²) in [6.07, 6.45) is 5.45. The van der Waals surface area contributed by atoms with Gasteiger partial charge >= 0.3 is 5.97 Å². The lowest BCUT2D eigenvalue weighted by molar-refractivity contribution is -0.272. The van der Waals surface area contributed by atoms with E-state index in [1.54, 1.807) is 0 Å². The van der Waals surface area contributed by atoms with Crippen molar-refractivity contribution in [3.05, 3.63) is 0 Å². The second-order valence-corrected chi connectivity index (χ2v) is 12.3. The summed E-state index contributed by atoms with van der Waals surface area (Å²) in [5.74, 6) is 0.290. The zero-order valence-corrected chi connectivity index (χ0v) is 18.4. The first-order valence-electron chi connectivity index (χ1n) is 10.7. The first-order valence-corrected chi connectivity index (χ1v) is 10.7. The van der Waals surface area contributed by atoms with Gasteiger partial charge < -0.3 is 14.9 Å². The Morgan fingerprint density at radius 2 is 1.70 bits per heavy atom. The number of rotatable bonds is 5. The molecule has 0 aromatic carbocycles. The maximum Gasteiger partial charge on any atom is 0.312 e. The van der Waals surface area contributed by atoms with E-state index in [0.29, 0.717) is 18.8 Å². The minimum Gasteiger partial charge on any atom is -0.459 e. The van der Waals surface area contributed by atoms with Gasteiger partial charge in [0.25, 0.3) is 0 Å². The molecule has 27 heavy (non-hydrogen) atoms. The average molecular weight is 381 g/mol. The van der Waals surface area contributed by atoms with Crippen LogP contribution in [-0.4, -0.2) is 34.0 Å². The number of esters is 1. The maximum atomic E-state index is 13.6. The topological polar surface area (TPSA) is 66.8 Å². The van der Waals surface area contributed by atoms with Crippen LogP contribution in [0.25, 0.3) is 0 Å². The third-order valence-corrected chi connectivity index (χ3v) is 8.40. The van der Waals surface area contributed by atoms with E-state index in [4.69, 9.17) is 4.74 Å². The van der Waals surface area contributed by atoms with Gasteiger partial charge in [-0.3, -0.25) is 4.79 Å². The Labute approximate surface area is 165 Å². The van der Waals surface area contributed by atoms with Crippen LogP contribution in [0.2, 0.25) is 0 Å². The van der Waals surface area contributed by atoms with Gasteiger partial charge in [-0.25, -0.2) is 0 Å². The molecular weight excluding hydrogens is 340 g/mol. The number of ether oxygens (including phenoxy) is 1. The van der Waals surface area contributed by atoms with E-state index < -0.39 is 16.6 Å². The molecule has 0 heterocycles. The second kappa shape index (κ2) is 5.95. The first kappa shape index (κ1) is 21.1. The fourth-order valence-corrected chi connectivity index (χ4v) is 6.39. The third kappa shape index (κ3) is 3.06. The van der Waals surface area contributed by atoms with Gasteiger partial charge in [-0.15, -0.1) is 0 Å². The van der Waals surface area contributed by atoms with Gasteiger partial charge in [0.05, 0.1) is 11.0 Å². The van der Waals surface area contributed by atoms with Crippen LogP contribution in [0.1, 0.15) is 93.4 Å². The quantitative estimate of drug-likeness (QED) is 0.691. The van der Waals surface area contributed by atoms with Crippen LogP contribution in [0.3, 0.4) is 0 Å². The predicted octanol–water partition coefficient (Wildman–Crippen LogP) is 4.46. The maximum absolute atomic E-state index is 13.6. The van der Waals surface area contributed by atoms with Crippen LogP contribution in [-0.2, 0) is 9.53 Å². The molecule has 0 saturated heterocycles. The minimum absolute atomic E-state index is 0.00675. The lowest BCUT2D eigenvalue weighted by Crippen LogP contribution is -2.68. The summed E-state index contributed by atoms with van der Waals surface area (Å²) in [6, 6.07) is 0. The van der Waals surface area contributed by atoms with Gasteiger partial charge in [-0.05, 0) is 62.2 Å². The summed E-state index contributed by atoms with van der Waals surface area (Å²) in [4.78, 5) is 13.6. The Morgan fingerprint density at radius 1 is 1.07 bits per heavy atom. The van der Waals surface area contributed by atoms with Crippen molar-refractivity contribution in [3.63, 3.8) is 0 Å². The van der Waals surface area contributed by atoms with Crippen LogP contribution >= 0.6 is 0 Å². The van der Waals surface area contributed by atoms with E-state index in [0.717, 1.165) is 32.1 Å². The highest BCUT2D eigenvalue weighted by molar-refractivity contribution is 5.78. The number of carbonyl (C=O) groups excluding carboxylic acids is 1. The van der Waals surface area contributed by atoms with E-state index in [9.17, 15) is 15.0 Å². The first-order chi connectivity index (χ1) is 12.1. The van der Waals surface area contributed by atoms with Crippen molar-refractivity contribution in [1.29, 1.82) is 0 Å². The fraction of sp³-hybridized carbons (Fsp3) is 0.957.